The molecule has 2 N–H and O–H groups in total. The van der Waals surface area contributed by atoms with Crippen molar-refractivity contribution in [2.75, 3.05) is 12.4 Å². The summed E-state index contributed by atoms with van der Waals surface area (Å²) in [6.07, 6.45) is 1.73. The molecule has 0 atom stereocenters. The Hall–Kier alpha value is -3.41. The van der Waals surface area contributed by atoms with E-state index >= 15 is 0 Å². The molecule has 25 heavy (non-hydrogen) atoms. The number of rotatable bonds is 4. The summed E-state index contributed by atoms with van der Waals surface area (Å²) in [5, 5.41) is 9.61. The maximum Gasteiger partial charge on any atom is 0.255 e. The van der Waals surface area contributed by atoms with Gasteiger partial charge in [-0.25, -0.2) is 4.68 Å². The third kappa shape index (κ3) is 3.58. The van der Waals surface area contributed by atoms with Gasteiger partial charge in [-0.2, -0.15) is 5.10 Å². The fraction of sp³-hybridized carbons (Fsp3) is 0.105. The fourth-order valence-corrected chi connectivity index (χ4v) is 2.45. The molecule has 0 fully saturated rings. The van der Waals surface area contributed by atoms with Gasteiger partial charge < -0.3 is 10.6 Å². The molecule has 0 aliphatic heterocycles. The number of nitrogens with zero attached hydrogens (tertiary/aromatic N) is 2. The highest BCUT2D eigenvalue weighted by Crippen LogP contribution is 2.14. The first kappa shape index (κ1) is 16.4. The van der Waals surface area contributed by atoms with E-state index in [1.165, 1.54) is 0 Å². The Morgan fingerprint density at radius 3 is 2.04 bits per heavy atom. The lowest BCUT2D eigenvalue weighted by atomic mass is 10.1. The van der Waals surface area contributed by atoms with E-state index < -0.39 is 0 Å². The van der Waals surface area contributed by atoms with Crippen molar-refractivity contribution in [3.05, 3.63) is 77.6 Å². The van der Waals surface area contributed by atoms with Crippen LogP contribution in [0.3, 0.4) is 0 Å². The quantitative estimate of drug-likeness (QED) is 0.770. The first-order chi connectivity index (χ1) is 12.1. The molecule has 0 saturated heterocycles. The zero-order valence-corrected chi connectivity index (χ0v) is 14.0. The molecule has 1 aromatic heterocycles. The highest BCUT2D eigenvalue weighted by atomic mass is 16.2. The van der Waals surface area contributed by atoms with Gasteiger partial charge in [-0.05, 0) is 61.5 Å². The number of benzene rings is 2. The summed E-state index contributed by atoms with van der Waals surface area (Å²) in [7, 11) is 1.58. The second-order valence-electron chi connectivity index (χ2n) is 5.54. The van der Waals surface area contributed by atoms with Crippen LogP contribution in [-0.2, 0) is 0 Å². The predicted octanol–water partition coefficient (Wildman–Crippen LogP) is 2.79. The molecular weight excluding hydrogens is 316 g/mol. The largest absolute Gasteiger partial charge is 0.355 e. The second kappa shape index (κ2) is 7.00. The number of carbonyl (C=O) groups excluding carboxylic acids is 2. The third-order valence-corrected chi connectivity index (χ3v) is 3.84. The Balaban J connectivity index is 1.71. The van der Waals surface area contributed by atoms with Crippen LogP contribution in [0, 0.1) is 6.92 Å². The molecule has 0 bridgehead atoms. The van der Waals surface area contributed by atoms with Crippen LogP contribution in [0.5, 0.6) is 0 Å². The number of amides is 2. The minimum absolute atomic E-state index is 0.164. The summed E-state index contributed by atoms with van der Waals surface area (Å²) >= 11 is 0. The van der Waals surface area contributed by atoms with Gasteiger partial charge in [-0.1, -0.05) is 0 Å². The van der Waals surface area contributed by atoms with Crippen molar-refractivity contribution in [3.63, 3.8) is 0 Å². The van der Waals surface area contributed by atoms with Gasteiger partial charge >= 0.3 is 0 Å². The first-order valence-electron chi connectivity index (χ1n) is 7.83. The lowest BCUT2D eigenvalue weighted by Crippen LogP contribution is -2.17. The van der Waals surface area contributed by atoms with Crippen molar-refractivity contribution in [2.24, 2.45) is 0 Å². The Morgan fingerprint density at radius 1 is 0.880 bits per heavy atom. The van der Waals surface area contributed by atoms with Crippen LogP contribution in [0.4, 0.5) is 5.69 Å². The molecule has 0 spiro atoms. The van der Waals surface area contributed by atoms with Gasteiger partial charge in [0.25, 0.3) is 11.8 Å². The molecule has 6 nitrogen and oxygen atoms in total. The van der Waals surface area contributed by atoms with Crippen molar-refractivity contribution in [1.29, 1.82) is 0 Å². The number of nitrogens with one attached hydrogen (secondary N) is 2. The third-order valence-electron chi connectivity index (χ3n) is 3.84. The molecule has 0 unspecified atom stereocenters. The van der Waals surface area contributed by atoms with E-state index in [1.54, 1.807) is 54.3 Å². The predicted molar refractivity (Wildman–Crippen MR) is 96.1 cm³/mol. The molecule has 0 aliphatic carbocycles. The van der Waals surface area contributed by atoms with Gasteiger partial charge in [-0.3, -0.25) is 9.59 Å². The highest BCUT2D eigenvalue weighted by molar-refractivity contribution is 6.04. The average Bonchev–Trinajstić information content (AvgIpc) is 3.07. The lowest BCUT2D eigenvalue weighted by molar-refractivity contribution is 0.0962. The van der Waals surface area contributed by atoms with Crippen molar-refractivity contribution in [1.82, 2.24) is 15.1 Å². The van der Waals surface area contributed by atoms with Crippen LogP contribution in [-0.4, -0.2) is 28.6 Å². The summed E-state index contributed by atoms with van der Waals surface area (Å²) < 4.78 is 1.80. The molecule has 2 amide bonds. The van der Waals surface area contributed by atoms with Crippen molar-refractivity contribution < 1.29 is 9.59 Å². The number of aryl methyl sites for hydroxylation is 1. The van der Waals surface area contributed by atoms with Crippen LogP contribution in [0.25, 0.3) is 5.69 Å². The zero-order valence-electron chi connectivity index (χ0n) is 14.0. The Bertz CT molecular complexity index is 896. The van der Waals surface area contributed by atoms with E-state index in [2.05, 4.69) is 15.7 Å². The van der Waals surface area contributed by atoms with E-state index in [-0.39, 0.29) is 11.8 Å². The van der Waals surface area contributed by atoms with Gasteiger partial charge in [0, 0.05) is 35.8 Å². The molecule has 1 heterocycles. The van der Waals surface area contributed by atoms with Crippen LogP contribution in [0.2, 0.25) is 0 Å². The standard InChI is InChI=1S/C19H18N4O2/c1-13-11-12-21-23(13)17-9-5-15(6-10-17)19(25)22-16-7-3-14(4-8-16)18(24)20-2/h3-12H,1-2H3,(H,20,24)(H,22,25). The summed E-state index contributed by atoms with van der Waals surface area (Å²) in [6, 6.07) is 15.9. The number of carbonyl (C=O) groups is 2. The van der Waals surface area contributed by atoms with Gasteiger partial charge in [0.15, 0.2) is 0 Å². The summed E-state index contributed by atoms with van der Waals surface area (Å²) in [4.78, 5) is 23.9. The van der Waals surface area contributed by atoms with Gasteiger partial charge in [0.05, 0.1) is 5.69 Å². The molecule has 0 radical (unpaired) electrons. The van der Waals surface area contributed by atoms with Gasteiger partial charge in [0.1, 0.15) is 0 Å². The van der Waals surface area contributed by atoms with Crippen molar-refractivity contribution >= 4 is 17.5 Å². The van der Waals surface area contributed by atoms with Crippen LogP contribution >= 0.6 is 0 Å². The van der Waals surface area contributed by atoms with Gasteiger partial charge in [-0.15, -0.1) is 0 Å². The van der Waals surface area contributed by atoms with Crippen LogP contribution in [0.15, 0.2) is 60.8 Å². The molecule has 3 aromatic rings. The molecule has 0 aliphatic rings. The minimum Gasteiger partial charge on any atom is -0.355 e. The van der Waals surface area contributed by atoms with Crippen molar-refractivity contribution in [2.45, 2.75) is 6.92 Å². The molecule has 0 saturated carbocycles. The Kier molecular flexibility index (Phi) is 4.61. The monoisotopic (exact) mass is 334 g/mol. The van der Waals surface area contributed by atoms with Crippen LogP contribution in [0.1, 0.15) is 26.4 Å². The van der Waals surface area contributed by atoms with E-state index in [0.717, 1.165) is 11.4 Å². The van der Waals surface area contributed by atoms with Gasteiger partial charge in [0.2, 0.25) is 0 Å². The maximum absolute atomic E-state index is 12.3. The topological polar surface area (TPSA) is 76.0 Å². The zero-order chi connectivity index (χ0) is 17.8. The molecule has 3 rings (SSSR count). The highest BCUT2D eigenvalue weighted by Gasteiger charge is 2.08. The summed E-state index contributed by atoms with van der Waals surface area (Å²) in [5.74, 6) is -0.376. The van der Waals surface area contributed by atoms with Crippen molar-refractivity contribution in [3.8, 4) is 5.69 Å². The normalized spacial score (nSPS) is 10.3. The number of anilines is 1. The smallest absolute Gasteiger partial charge is 0.255 e. The Labute approximate surface area is 145 Å². The molecular formula is C19H18N4O2. The SMILES string of the molecule is CNC(=O)c1ccc(NC(=O)c2ccc(-n3nccc3C)cc2)cc1. The summed E-state index contributed by atoms with van der Waals surface area (Å²) in [6.45, 7) is 1.97. The van der Waals surface area contributed by atoms with E-state index in [9.17, 15) is 9.59 Å². The van der Waals surface area contributed by atoms with E-state index in [1.807, 2.05) is 25.1 Å². The van der Waals surface area contributed by atoms with Crippen LogP contribution < -0.4 is 10.6 Å². The lowest BCUT2D eigenvalue weighted by Gasteiger charge is -2.08. The number of hydrogen-bond donors (Lipinski definition) is 2. The minimum atomic E-state index is -0.212. The molecule has 6 heteroatoms. The number of aromatic nitrogens is 2. The van der Waals surface area contributed by atoms with E-state index in [0.29, 0.717) is 16.8 Å². The molecule has 126 valence electrons. The molecule has 2 aromatic carbocycles. The van der Waals surface area contributed by atoms with E-state index in [4.69, 9.17) is 0 Å². The second-order valence-corrected chi connectivity index (χ2v) is 5.54. The first-order valence-corrected chi connectivity index (χ1v) is 7.83. The average molecular weight is 334 g/mol. The maximum atomic E-state index is 12.3. The Morgan fingerprint density at radius 2 is 1.48 bits per heavy atom. The fourth-order valence-electron chi connectivity index (χ4n) is 2.45. The number of hydrogen-bond acceptors (Lipinski definition) is 3. The summed E-state index contributed by atoms with van der Waals surface area (Å²) in [5.41, 5.74) is 3.63.